The first-order chi connectivity index (χ1) is 20.4. The molecule has 2 heteroatoms. The van der Waals surface area contributed by atoms with Crippen LogP contribution < -0.4 is 9.80 Å². The van der Waals surface area contributed by atoms with Crippen LogP contribution >= 0.6 is 0 Å². The van der Waals surface area contributed by atoms with Crippen molar-refractivity contribution in [3.63, 3.8) is 0 Å². The zero-order valence-electron chi connectivity index (χ0n) is 25.6. The summed E-state index contributed by atoms with van der Waals surface area (Å²) in [5.41, 5.74) is 8.25. The van der Waals surface area contributed by atoms with E-state index in [1.807, 2.05) is 86.7 Å². The van der Waals surface area contributed by atoms with Gasteiger partial charge in [0.1, 0.15) is 0 Å². The lowest BCUT2D eigenvalue weighted by Gasteiger charge is -2.27. The predicted octanol–water partition coefficient (Wildman–Crippen LogP) is 11.3. The van der Waals surface area contributed by atoms with Crippen molar-refractivity contribution in [3.05, 3.63) is 206 Å². The third kappa shape index (κ3) is 9.53. The van der Waals surface area contributed by atoms with E-state index in [2.05, 4.69) is 111 Å². The Kier molecular flexibility index (Phi) is 14.4. The Labute approximate surface area is 254 Å². The average molecular weight is 553 g/mol. The van der Waals surface area contributed by atoms with Crippen LogP contribution in [0.15, 0.2) is 206 Å². The molecular formula is C40H44N2. The van der Waals surface area contributed by atoms with Crippen LogP contribution in [0.2, 0.25) is 0 Å². The van der Waals surface area contributed by atoms with Gasteiger partial charge in [0.05, 0.1) is 0 Å². The molecule has 0 radical (unpaired) electrons. The number of hydrogen-bond acceptors (Lipinski definition) is 2. The van der Waals surface area contributed by atoms with Gasteiger partial charge in [0.25, 0.3) is 0 Å². The summed E-state index contributed by atoms with van der Waals surface area (Å²) < 4.78 is 0. The van der Waals surface area contributed by atoms with E-state index >= 15 is 0 Å². The molecule has 2 aromatic carbocycles. The second-order valence-electron chi connectivity index (χ2n) is 9.26. The van der Waals surface area contributed by atoms with Gasteiger partial charge in [-0.2, -0.15) is 0 Å². The summed E-state index contributed by atoms with van der Waals surface area (Å²) >= 11 is 0. The highest BCUT2D eigenvalue weighted by atomic mass is 15.2. The second-order valence-corrected chi connectivity index (χ2v) is 9.26. The molecule has 0 spiro atoms. The van der Waals surface area contributed by atoms with Crippen LogP contribution in [0.4, 0.5) is 11.4 Å². The summed E-state index contributed by atoms with van der Waals surface area (Å²) in [6, 6.07) is 20.6. The molecule has 42 heavy (non-hydrogen) atoms. The van der Waals surface area contributed by atoms with E-state index < -0.39 is 0 Å². The molecule has 0 bridgehead atoms. The fourth-order valence-corrected chi connectivity index (χ4v) is 4.31. The summed E-state index contributed by atoms with van der Waals surface area (Å²) in [7, 11) is 0. The molecule has 0 unspecified atom stereocenters. The van der Waals surface area contributed by atoms with Crippen molar-refractivity contribution in [2.45, 2.75) is 27.7 Å². The first-order valence-electron chi connectivity index (χ1n) is 14.1. The maximum Gasteiger partial charge on any atom is 0.0461 e. The maximum atomic E-state index is 4.12. The molecule has 214 valence electrons. The Hall–Kier alpha value is -5.08. The van der Waals surface area contributed by atoms with Crippen LogP contribution in [-0.4, -0.2) is 0 Å². The molecule has 0 atom stereocenters. The molecule has 2 rings (SSSR count). The lowest BCUT2D eigenvalue weighted by Crippen LogP contribution is -2.19. The second kappa shape index (κ2) is 18.3. The lowest BCUT2D eigenvalue weighted by atomic mass is 10.1. The number of nitrogens with zero attached hydrogens (tertiary/aromatic N) is 2. The standard InChI is InChI=1S/C40H44N2/c1-9-15-24-38(23-11-3)41(39-25-18-16-19-26-39)34(8)30-31-35(12-4)33(7)29-32-37(14-6)42(36(13-5)22-10-2)40-27-20-17-21-28-40/h9-32H,1,3-4,6H2,2,5,7-8H3/b22-10-,24-15-,33-29+,34-30+,35-31+,36-13+,37-32+,38-23+. The Morgan fingerprint density at radius 1 is 0.595 bits per heavy atom. The van der Waals surface area contributed by atoms with Crippen LogP contribution in [0.5, 0.6) is 0 Å². The molecule has 0 heterocycles. The maximum absolute atomic E-state index is 4.12. The first-order valence-corrected chi connectivity index (χ1v) is 14.1. The van der Waals surface area contributed by atoms with Gasteiger partial charge in [0.15, 0.2) is 0 Å². The van der Waals surface area contributed by atoms with E-state index in [0.717, 1.165) is 45.3 Å². The molecule has 0 aliphatic heterocycles. The largest absolute Gasteiger partial charge is 0.315 e. The molecule has 0 aliphatic rings. The van der Waals surface area contributed by atoms with Crippen molar-refractivity contribution >= 4 is 11.4 Å². The minimum absolute atomic E-state index is 0.963. The fourth-order valence-electron chi connectivity index (χ4n) is 4.31. The van der Waals surface area contributed by atoms with Gasteiger partial charge >= 0.3 is 0 Å². The average Bonchev–Trinajstić information content (AvgIpc) is 3.02. The summed E-state index contributed by atoms with van der Waals surface area (Å²) in [4.78, 5) is 4.38. The van der Waals surface area contributed by atoms with Crippen molar-refractivity contribution < 1.29 is 0 Å². The predicted molar refractivity (Wildman–Crippen MR) is 188 cm³/mol. The molecule has 0 N–H and O–H groups in total. The Bertz CT molecular complexity index is 1450. The zero-order chi connectivity index (χ0) is 30.7. The van der Waals surface area contributed by atoms with E-state index in [1.165, 1.54) is 0 Å². The number of allylic oxidation sites excluding steroid dienone is 17. The molecule has 0 saturated heterocycles. The summed E-state index contributed by atoms with van der Waals surface area (Å²) in [5, 5.41) is 0. The SMILES string of the molecule is C=C/C=C\C(=C/C=C)N(/C(C)=C/C=C(C=C)/C(C)=C/C=C(\C=C)N(C(/C=C\C)=C/C)c1ccccc1)c1ccccc1. The van der Waals surface area contributed by atoms with Gasteiger partial charge in [-0.25, -0.2) is 0 Å². The van der Waals surface area contributed by atoms with Gasteiger partial charge < -0.3 is 9.80 Å². The summed E-state index contributed by atoms with van der Waals surface area (Å²) in [6.07, 6.45) is 27.9. The molecule has 0 saturated carbocycles. The number of hydrogen-bond donors (Lipinski definition) is 0. The monoisotopic (exact) mass is 552 g/mol. The number of para-hydroxylation sites is 2. The molecular weight excluding hydrogens is 508 g/mol. The van der Waals surface area contributed by atoms with Crippen molar-refractivity contribution in [1.82, 2.24) is 0 Å². The molecule has 0 amide bonds. The van der Waals surface area contributed by atoms with Crippen LogP contribution in [-0.2, 0) is 0 Å². The van der Waals surface area contributed by atoms with Gasteiger partial charge in [0.2, 0.25) is 0 Å². The Balaban J connectivity index is 2.57. The Morgan fingerprint density at radius 3 is 1.71 bits per heavy atom. The van der Waals surface area contributed by atoms with E-state index in [1.54, 1.807) is 12.2 Å². The van der Waals surface area contributed by atoms with Gasteiger partial charge in [-0.3, -0.25) is 0 Å². The van der Waals surface area contributed by atoms with Crippen molar-refractivity contribution in [2.24, 2.45) is 0 Å². The molecule has 0 aliphatic carbocycles. The topological polar surface area (TPSA) is 6.48 Å². The smallest absolute Gasteiger partial charge is 0.0461 e. The molecule has 0 aromatic heterocycles. The summed E-state index contributed by atoms with van der Waals surface area (Å²) in [5.74, 6) is 0. The molecule has 0 fully saturated rings. The fraction of sp³-hybridized carbons (Fsp3) is 0.100. The van der Waals surface area contributed by atoms with Crippen LogP contribution in [0.25, 0.3) is 0 Å². The van der Waals surface area contributed by atoms with Crippen molar-refractivity contribution in [3.8, 4) is 0 Å². The van der Waals surface area contributed by atoms with E-state index in [4.69, 9.17) is 0 Å². The normalized spacial score (nSPS) is 13.8. The number of benzene rings is 2. The quantitative estimate of drug-likeness (QED) is 0.203. The van der Waals surface area contributed by atoms with Gasteiger partial charge in [-0.15, -0.1) is 0 Å². The molecule has 2 nitrogen and oxygen atoms in total. The van der Waals surface area contributed by atoms with Crippen LogP contribution in [0.1, 0.15) is 27.7 Å². The van der Waals surface area contributed by atoms with E-state index in [-0.39, 0.29) is 0 Å². The highest BCUT2D eigenvalue weighted by Gasteiger charge is 2.13. The van der Waals surface area contributed by atoms with Gasteiger partial charge in [-0.05, 0) is 99.6 Å². The van der Waals surface area contributed by atoms with Crippen LogP contribution in [0.3, 0.4) is 0 Å². The van der Waals surface area contributed by atoms with Gasteiger partial charge in [-0.1, -0.05) is 111 Å². The minimum atomic E-state index is 0.963. The number of rotatable bonds is 15. The highest BCUT2D eigenvalue weighted by Crippen LogP contribution is 2.27. The van der Waals surface area contributed by atoms with Gasteiger partial charge in [0, 0.05) is 34.2 Å². The Morgan fingerprint density at radius 2 is 1.21 bits per heavy atom. The van der Waals surface area contributed by atoms with E-state index in [9.17, 15) is 0 Å². The lowest BCUT2D eigenvalue weighted by molar-refractivity contribution is 1.10. The third-order valence-corrected chi connectivity index (χ3v) is 6.37. The third-order valence-electron chi connectivity index (χ3n) is 6.37. The first kappa shape index (κ1) is 33.1. The highest BCUT2D eigenvalue weighted by molar-refractivity contribution is 5.64. The van der Waals surface area contributed by atoms with E-state index in [0.29, 0.717) is 0 Å². The molecule has 2 aromatic rings. The zero-order valence-corrected chi connectivity index (χ0v) is 25.6. The van der Waals surface area contributed by atoms with Crippen LogP contribution in [0, 0.1) is 0 Å². The minimum Gasteiger partial charge on any atom is -0.315 e. The summed E-state index contributed by atoms with van der Waals surface area (Å²) in [6.45, 7) is 24.2. The van der Waals surface area contributed by atoms with Crippen molar-refractivity contribution in [2.75, 3.05) is 9.80 Å². The van der Waals surface area contributed by atoms with Crippen molar-refractivity contribution in [1.29, 1.82) is 0 Å². The number of anilines is 2.